The minimum absolute atomic E-state index is 0.0403. The highest BCUT2D eigenvalue weighted by molar-refractivity contribution is 6.03. The van der Waals surface area contributed by atoms with E-state index in [0.29, 0.717) is 39.3 Å². The number of allylic oxidation sites excluding steroid dienone is 1. The molecule has 0 atom stereocenters. The van der Waals surface area contributed by atoms with E-state index in [4.69, 9.17) is 0 Å². The van der Waals surface area contributed by atoms with Gasteiger partial charge in [-0.05, 0) is 86.6 Å². The molecule has 0 bridgehead atoms. The number of rotatable bonds is 11. The summed E-state index contributed by atoms with van der Waals surface area (Å²) in [6.07, 6.45) is 9.06. The molecule has 1 amide bonds. The van der Waals surface area contributed by atoms with Crippen LogP contribution in [0.1, 0.15) is 70.2 Å². The SMILES string of the molecule is C=CC1=C(C)/C(=C/c2[nH]c(/C=c3/[nH]/c(=C\c4[nH]c(O)c(C)c4C=C)c(C)c3CCC(=O)O)c(CCC(=O)O)c2C)NC1=O. The minimum atomic E-state index is -0.929. The number of hydrogen-bond donors (Lipinski definition) is 7. The standard InChI is InChI=1S/C33H36N4O6/c1-7-20-19(6)32(42)37-27(20)14-25-18(5)23(10-12-31(40)41)29(35-25)15-28-22(9-11-30(38)39)17(4)24(34-28)13-26-16(3)21(8-2)33(43)36-26/h7-8,13-15,34-35,37,42H,1-2,9-12H2,3-6H3,(H,36,43)(H,38,39)(H,40,41)/b25-14-,26-13-,29-15+. The van der Waals surface area contributed by atoms with Gasteiger partial charge in [0.2, 0.25) is 0 Å². The quantitative estimate of drug-likeness (QED) is 0.181. The van der Waals surface area contributed by atoms with E-state index in [1.54, 1.807) is 13.0 Å². The molecule has 1 aliphatic heterocycles. The van der Waals surface area contributed by atoms with Crippen molar-refractivity contribution in [2.75, 3.05) is 0 Å². The number of hydrogen-bond acceptors (Lipinski definition) is 4. The monoisotopic (exact) mass is 584 g/mol. The number of nitrogens with one attached hydrogen (secondary N) is 4. The average Bonchev–Trinajstić information content (AvgIpc) is 3.59. The predicted molar refractivity (Wildman–Crippen MR) is 166 cm³/mol. The lowest BCUT2D eigenvalue weighted by atomic mass is 10.0. The maximum absolute atomic E-state index is 12.3. The van der Waals surface area contributed by atoms with Crippen molar-refractivity contribution in [3.05, 3.63) is 97.2 Å². The van der Waals surface area contributed by atoms with Crippen LogP contribution in [0.15, 0.2) is 36.1 Å². The van der Waals surface area contributed by atoms with Crippen molar-refractivity contribution in [2.24, 2.45) is 0 Å². The second kappa shape index (κ2) is 12.3. The van der Waals surface area contributed by atoms with E-state index in [0.717, 1.165) is 38.7 Å². The zero-order valence-corrected chi connectivity index (χ0v) is 24.7. The van der Waals surface area contributed by atoms with Crippen LogP contribution in [0, 0.1) is 20.8 Å². The summed E-state index contributed by atoms with van der Waals surface area (Å²) in [5.41, 5.74) is 8.60. The lowest BCUT2D eigenvalue weighted by Gasteiger charge is -2.02. The summed E-state index contributed by atoms with van der Waals surface area (Å²) in [7, 11) is 0. The number of aliphatic carboxylic acids is 2. The molecular weight excluding hydrogens is 548 g/mol. The Balaban J connectivity index is 1.93. The molecule has 10 nitrogen and oxygen atoms in total. The molecule has 4 heterocycles. The third-order valence-electron chi connectivity index (χ3n) is 7.96. The van der Waals surface area contributed by atoms with Gasteiger partial charge in [0.1, 0.15) is 0 Å². The Morgan fingerprint density at radius 2 is 1.37 bits per heavy atom. The van der Waals surface area contributed by atoms with Crippen molar-refractivity contribution < 1.29 is 29.7 Å². The van der Waals surface area contributed by atoms with E-state index in [1.165, 1.54) is 6.08 Å². The van der Waals surface area contributed by atoms with Gasteiger partial charge in [0.25, 0.3) is 5.91 Å². The molecule has 0 aliphatic carbocycles. The smallest absolute Gasteiger partial charge is 0.303 e. The Kier molecular flexibility index (Phi) is 8.80. The fourth-order valence-corrected chi connectivity index (χ4v) is 5.42. The molecule has 4 rings (SSSR count). The lowest BCUT2D eigenvalue weighted by Crippen LogP contribution is -2.15. The first-order valence-corrected chi connectivity index (χ1v) is 13.8. The summed E-state index contributed by atoms with van der Waals surface area (Å²) in [6, 6.07) is 0. The van der Waals surface area contributed by atoms with Crippen LogP contribution in [0.3, 0.4) is 0 Å². The van der Waals surface area contributed by atoms with Crippen molar-refractivity contribution in [3.63, 3.8) is 0 Å². The molecule has 3 aromatic rings. The van der Waals surface area contributed by atoms with E-state index in [1.807, 2.05) is 39.0 Å². The van der Waals surface area contributed by atoms with Gasteiger partial charge in [-0.25, -0.2) is 0 Å². The molecular formula is C33H36N4O6. The van der Waals surface area contributed by atoms with Crippen molar-refractivity contribution >= 4 is 42.1 Å². The van der Waals surface area contributed by atoms with Crippen LogP contribution < -0.4 is 16.0 Å². The molecule has 0 radical (unpaired) electrons. The van der Waals surface area contributed by atoms with Crippen molar-refractivity contribution in [1.82, 2.24) is 20.3 Å². The first-order valence-electron chi connectivity index (χ1n) is 13.8. The van der Waals surface area contributed by atoms with E-state index in [2.05, 4.69) is 33.4 Å². The Morgan fingerprint density at radius 1 is 0.744 bits per heavy atom. The molecule has 7 N–H and O–H groups in total. The molecule has 3 aromatic heterocycles. The Bertz CT molecular complexity index is 1860. The Hall–Kier alpha value is -5.25. The fourth-order valence-electron chi connectivity index (χ4n) is 5.42. The average molecular weight is 585 g/mol. The summed E-state index contributed by atoms with van der Waals surface area (Å²) in [5, 5.41) is 33.3. The summed E-state index contributed by atoms with van der Waals surface area (Å²) < 4.78 is 0. The van der Waals surface area contributed by atoms with Gasteiger partial charge in [0, 0.05) is 57.3 Å². The highest BCUT2D eigenvalue weighted by atomic mass is 16.4. The zero-order valence-electron chi connectivity index (χ0n) is 24.7. The number of carboxylic acid groups (broad SMARTS) is 2. The summed E-state index contributed by atoms with van der Waals surface area (Å²) in [6.45, 7) is 15.0. The van der Waals surface area contributed by atoms with Gasteiger partial charge in [-0.2, -0.15) is 0 Å². The predicted octanol–water partition coefficient (Wildman–Crippen LogP) is 3.61. The first kappa shape index (κ1) is 30.7. The maximum Gasteiger partial charge on any atom is 0.303 e. The zero-order chi connectivity index (χ0) is 31.6. The topological polar surface area (TPSA) is 171 Å². The number of carbonyl (C=O) groups excluding carboxylic acids is 1. The number of carbonyl (C=O) groups is 3. The number of H-pyrrole nitrogens is 3. The summed E-state index contributed by atoms with van der Waals surface area (Å²) >= 11 is 0. The van der Waals surface area contributed by atoms with Crippen molar-refractivity contribution in [3.8, 4) is 5.88 Å². The Morgan fingerprint density at radius 3 is 1.95 bits per heavy atom. The fraction of sp³-hybridized carbons (Fsp3) is 0.242. The van der Waals surface area contributed by atoms with Crippen LogP contribution in [0.4, 0.5) is 0 Å². The van der Waals surface area contributed by atoms with Gasteiger partial charge in [0.15, 0.2) is 5.88 Å². The largest absolute Gasteiger partial charge is 0.494 e. The molecule has 0 unspecified atom stereocenters. The van der Waals surface area contributed by atoms with Crippen LogP contribution in [-0.4, -0.2) is 48.1 Å². The van der Waals surface area contributed by atoms with Crippen molar-refractivity contribution in [1.29, 1.82) is 0 Å². The summed E-state index contributed by atoms with van der Waals surface area (Å²) in [5.74, 6) is -2.05. The second-order valence-corrected chi connectivity index (χ2v) is 10.6. The van der Waals surface area contributed by atoms with Gasteiger partial charge in [0.05, 0.1) is 5.69 Å². The van der Waals surface area contributed by atoms with E-state index in [9.17, 15) is 29.7 Å². The third-order valence-corrected chi connectivity index (χ3v) is 7.96. The molecule has 43 heavy (non-hydrogen) atoms. The van der Waals surface area contributed by atoms with Crippen LogP contribution in [-0.2, 0) is 27.2 Å². The molecule has 0 saturated carbocycles. The van der Waals surface area contributed by atoms with Gasteiger partial charge < -0.3 is 35.6 Å². The molecule has 0 fully saturated rings. The normalized spacial score (nSPS) is 15.1. The summed E-state index contributed by atoms with van der Waals surface area (Å²) in [4.78, 5) is 45.1. The number of amides is 1. The number of aromatic nitrogens is 3. The Labute approximate surface area is 248 Å². The number of aromatic hydroxyl groups is 1. The van der Waals surface area contributed by atoms with Crippen LogP contribution in [0.5, 0.6) is 5.88 Å². The molecule has 0 spiro atoms. The molecule has 0 aromatic carbocycles. The van der Waals surface area contributed by atoms with E-state index < -0.39 is 11.9 Å². The van der Waals surface area contributed by atoms with Crippen LogP contribution in [0.2, 0.25) is 0 Å². The van der Waals surface area contributed by atoms with Gasteiger partial charge >= 0.3 is 11.9 Å². The van der Waals surface area contributed by atoms with Crippen molar-refractivity contribution in [2.45, 2.75) is 53.4 Å². The minimum Gasteiger partial charge on any atom is -0.494 e. The van der Waals surface area contributed by atoms with E-state index >= 15 is 0 Å². The van der Waals surface area contributed by atoms with Crippen LogP contribution in [0.25, 0.3) is 24.3 Å². The highest BCUT2D eigenvalue weighted by Crippen LogP contribution is 2.28. The van der Waals surface area contributed by atoms with E-state index in [-0.39, 0.29) is 37.5 Å². The molecule has 1 aliphatic rings. The maximum atomic E-state index is 12.3. The third kappa shape index (κ3) is 6.18. The number of carboxylic acids is 2. The first-order chi connectivity index (χ1) is 20.4. The molecule has 0 saturated heterocycles. The molecule has 224 valence electrons. The molecule has 10 heteroatoms. The van der Waals surface area contributed by atoms with Crippen LogP contribution >= 0.6 is 0 Å². The lowest BCUT2D eigenvalue weighted by molar-refractivity contribution is -0.138. The second-order valence-electron chi connectivity index (χ2n) is 10.6. The highest BCUT2D eigenvalue weighted by Gasteiger charge is 2.23. The van der Waals surface area contributed by atoms with Gasteiger partial charge in [-0.1, -0.05) is 25.3 Å². The van der Waals surface area contributed by atoms with Gasteiger partial charge in [-0.3, -0.25) is 14.4 Å². The number of aromatic amines is 3. The van der Waals surface area contributed by atoms with Gasteiger partial charge in [-0.15, -0.1) is 0 Å².